The summed E-state index contributed by atoms with van der Waals surface area (Å²) in [6, 6.07) is 3.37. The lowest BCUT2D eigenvalue weighted by atomic mass is 9.87. The zero-order valence-corrected chi connectivity index (χ0v) is 12.1. The van der Waals surface area contributed by atoms with Crippen molar-refractivity contribution in [2.45, 2.75) is 32.6 Å². The first-order chi connectivity index (χ1) is 8.72. The molecule has 0 atom stereocenters. The average Bonchev–Trinajstić information content (AvgIpc) is 2.69. The first-order valence-electron chi connectivity index (χ1n) is 6.05. The van der Waals surface area contributed by atoms with E-state index in [0.717, 1.165) is 11.3 Å². The maximum absolute atomic E-state index is 12.3. The number of benzene rings is 1. The van der Waals surface area contributed by atoms with Gasteiger partial charge in [-0.2, -0.15) is 17.9 Å². The van der Waals surface area contributed by atoms with Gasteiger partial charge < -0.3 is 0 Å². The highest BCUT2D eigenvalue weighted by atomic mass is 32.2. The van der Waals surface area contributed by atoms with Gasteiger partial charge in [-0.25, -0.2) is 0 Å². The molecule has 1 aliphatic heterocycles. The fraction of sp³-hybridized carbons (Fsp3) is 0.385. The predicted molar refractivity (Wildman–Crippen MR) is 74.0 cm³/mol. The molecule has 19 heavy (non-hydrogen) atoms. The molecule has 1 aliphatic rings. The molecule has 100 valence electrons. The second-order valence-electron chi connectivity index (χ2n) is 5.87. The molecule has 0 saturated heterocycles. The molecule has 6 heteroatoms. The van der Waals surface area contributed by atoms with Crippen molar-refractivity contribution in [2.75, 3.05) is 0 Å². The number of aryl methyl sites for hydroxylation is 1. The summed E-state index contributed by atoms with van der Waals surface area (Å²) in [7, 11) is -3.64. The van der Waals surface area contributed by atoms with Gasteiger partial charge in [0.15, 0.2) is 0 Å². The van der Waals surface area contributed by atoms with Gasteiger partial charge in [-0.15, -0.1) is 0 Å². The Morgan fingerprint density at radius 3 is 2.53 bits per heavy atom. The maximum Gasteiger partial charge on any atom is 0.283 e. The Bertz CT molecular complexity index is 823. The van der Waals surface area contributed by atoms with E-state index in [4.69, 9.17) is 0 Å². The van der Waals surface area contributed by atoms with E-state index in [2.05, 4.69) is 14.6 Å². The Kier molecular flexibility index (Phi) is 2.24. The van der Waals surface area contributed by atoms with Crippen molar-refractivity contribution in [3.05, 3.63) is 23.4 Å². The Balaban J connectivity index is 2.51. The summed E-state index contributed by atoms with van der Waals surface area (Å²) in [4.78, 5) is 0.241. The number of H-pyrrole nitrogens is 1. The zero-order valence-electron chi connectivity index (χ0n) is 11.3. The minimum atomic E-state index is -3.64. The van der Waals surface area contributed by atoms with Gasteiger partial charge in [-0.1, -0.05) is 26.8 Å². The van der Waals surface area contributed by atoms with E-state index < -0.39 is 10.0 Å². The summed E-state index contributed by atoms with van der Waals surface area (Å²) in [6.07, 6.45) is 0. The van der Waals surface area contributed by atoms with Gasteiger partial charge in [0.05, 0.1) is 16.9 Å². The first kappa shape index (κ1) is 12.3. The van der Waals surface area contributed by atoms with Crippen LogP contribution >= 0.6 is 0 Å². The molecule has 1 N–H and O–H groups in total. The quantitative estimate of drug-likeness (QED) is 0.803. The molecule has 2 heterocycles. The Hall–Kier alpha value is -1.69. The number of hydrogen-bond acceptors (Lipinski definition) is 3. The number of rotatable bonds is 0. The van der Waals surface area contributed by atoms with Gasteiger partial charge in [-0.05, 0) is 18.6 Å². The second kappa shape index (κ2) is 3.45. The predicted octanol–water partition coefficient (Wildman–Crippen LogP) is 2.41. The van der Waals surface area contributed by atoms with Crippen molar-refractivity contribution in [1.29, 1.82) is 0 Å². The van der Waals surface area contributed by atoms with Gasteiger partial charge >= 0.3 is 0 Å². The fourth-order valence-electron chi connectivity index (χ4n) is 2.34. The third-order valence-electron chi connectivity index (χ3n) is 3.31. The van der Waals surface area contributed by atoms with Crippen LogP contribution in [0.15, 0.2) is 21.4 Å². The number of hydrogen-bond donors (Lipinski definition) is 1. The topological polar surface area (TPSA) is 75.2 Å². The standard InChI is InChI=1S/C13H15N3O2S/c1-7-5-6-8-9-10(7)14-15-11(9)12(13(2,3)4)16-19(8,17)18/h5-6H,1-4H3,(H,14,15). The monoisotopic (exact) mass is 277 g/mol. The van der Waals surface area contributed by atoms with Crippen molar-refractivity contribution in [3.8, 4) is 0 Å². The molecule has 0 unspecified atom stereocenters. The molecular weight excluding hydrogens is 262 g/mol. The molecule has 0 aliphatic carbocycles. The van der Waals surface area contributed by atoms with Crippen LogP contribution in [0.2, 0.25) is 0 Å². The molecule has 3 rings (SSSR count). The normalized spacial score (nSPS) is 17.6. The molecule has 2 aromatic rings. The van der Waals surface area contributed by atoms with Crippen LogP contribution in [0, 0.1) is 12.3 Å². The minimum absolute atomic E-state index is 0.241. The highest BCUT2D eigenvalue weighted by Crippen LogP contribution is 2.36. The summed E-state index contributed by atoms with van der Waals surface area (Å²) in [6.45, 7) is 7.73. The van der Waals surface area contributed by atoms with E-state index in [1.165, 1.54) is 0 Å². The Morgan fingerprint density at radius 1 is 1.21 bits per heavy atom. The highest BCUT2D eigenvalue weighted by Gasteiger charge is 2.34. The summed E-state index contributed by atoms with van der Waals surface area (Å²) in [5.74, 6) is 0. The largest absolute Gasteiger partial charge is 0.283 e. The minimum Gasteiger partial charge on any atom is -0.275 e. The molecule has 1 aromatic heterocycles. The second-order valence-corrected chi connectivity index (χ2v) is 7.44. The van der Waals surface area contributed by atoms with Crippen molar-refractivity contribution in [1.82, 2.24) is 10.2 Å². The maximum atomic E-state index is 12.3. The Morgan fingerprint density at radius 2 is 1.89 bits per heavy atom. The molecule has 0 radical (unpaired) electrons. The van der Waals surface area contributed by atoms with Gasteiger partial charge in [-0.3, -0.25) is 5.10 Å². The van der Waals surface area contributed by atoms with E-state index in [9.17, 15) is 8.42 Å². The van der Waals surface area contributed by atoms with Crippen LogP contribution in [0.4, 0.5) is 0 Å². The van der Waals surface area contributed by atoms with Crippen LogP contribution in [0.25, 0.3) is 10.9 Å². The average molecular weight is 277 g/mol. The third-order valence-corrected chi connectivity index (χ3v) is 4.63. The lowest BCUT2D eigenvalue weighted by Crippen LogP contribution is -2.26. The van der Waals surface area contributed by atoms with Gasteiger partial charge in [0.1, 0.15) is 4.90 Å². The van der Waals surface area contributed by atoms with Crippen LogP contribution in [0.5, 0.6) is 0 Å². The Labute approximate surface area is 111 Å². The van der Waals surface area contributed by atoms with Crippen LogP contribution in [0.3, 0.4) is 0 Å². The fourth-order valence-corrected chi connectivity index (χ4v) is 3.74. The van der Waals surface area contributed by atoms with Crippen molar-refractivity contribution < 1.29 is 8.42 Å². The zero-order chi connectivity index (χ0) is 14.0. The van der Waals surface area contributed by atoms with Gasteiger partial charge in [0.2, 0.25) is 0 Å². The molecule has 0 spiro atoms. The third kappa shape index (κ3) is 1.63. The van der Waals surface area contributed by atoms with Crippen molar-refractivity contribution in [2.24, 2.45) is 9.81 Å². The van der Waals surface area contributed by atoms with Crippen LogP contribution < -0.4 is 0 Å². The van der Waals surface area contributed by atoms with Crippen LogP contribution in [0.1, 0.15) is 32.0 Å². The molecule has 0 fully saturated rings. The lowest BCUT2D eigenvalue weighted by molar-refractivity contribution is 0.580. The summed E-state index contributed by atoms with van der Waals surface area (Å²) in [5.41, 5.74) is 2.54. The van der Waals surface area contributed by atoms with E-state index in [1.54, 1.807) is 12.1 Å². The SMILES string of the molecule is Cc1ccc2c3c([nH]nc13)C(C(C)(C)C)=NS2(=O)=O. The number of nitrogens with zero attached hydrogens (tertiary/aromatic N) is 2. The molecule has 0 amide bonds. The molecule has 0 saturated carbocycles. The number of nitrogens with one attached hydrogen (secondary N) is 1. The van der Waals surface area contributed by atoms with E-state index in [-0.39, 0.29) is 10.3 Å². The number of aromatic amines is 1. The van der Waals surface area contributed by atoms with Crippen molar-refractivity contribution >= 4 is 26.6 Å². The number of sulfonamides is 1. The summed E-state index contributed by atoms with van der Waals surface area (Å²) in [5, 5.41) is 7.86. The molecule has 5 nitrogen and oxygen atoms in total. The van der Waals surface area contributed by atoms with Crippen molar-refractivity contribution in [3.63, 3.8) is 0 Å². The van der Waals surface area contributed by atoms with Crippen LogP contribution in [-0.4, -0.2) is 24.3 Å². The van der Waals surface area contributed by atoms with Gasteiger partial charge in [0.25, 0.3) is 10.0 Å². The van der Waals surface area contributed by atoms with E-state index >= 15 is 0 Å². The lowest BCUT2D eigenvalue weighted by Gasteiger charge is -2.23. The van der Waals surface area contributed by atoms with E-state index in [1.807, 2.05) is 27.7 Å². The van der Waals surface area contributed by atoms with Gasteiger partial charge in [0, 0.05) is 10.8 Å². The van der Waals surface area contributed by atoms with Crippen LogP contribution in [-0.2, 0) is 10.0 Å². The molecule has 1 aromatic carbocycles. The highest BCUT2D eigenvalue weighted by molar-refractivity contribution is 7.90. The molecule has 0 bridgehead atoms. The smallest absolute Gasteiger partial charge is 0.275 e. The molecular formula is C13H15N3O2S. The van der Waals surface area contributed by atoms with E-state index in [0.29, 0.717) is 16.6 Å². The first-order valence-corrected chi connectivity index (χ1v) is 7.49. The summed E-state index contributed by atoms with van der Waals surface area (Å²) >= 11 is 0. The number of aromatic nitrogens is 2. The summed E-state index contributed by atoms with van der Waals surface area (Å²) < 4.78 is 28.6.